The Balaban J connectivity index is 1.68. The molecule has 168 valence electrons. The summed E-state index contributed by atoms with van der Waals surface area (Å²) in [5, 5.41) is 11.8. The quantitative estimate of drug-likeness (QED) is 0.262. The van der Waals surface area contributed by atoms with E-state index >= 15 is 0 Å². The number of amides is 1. The third-order valence-corrected chi connectivity index (χ3v) is 4.42. The van der Waals surface area contributed by atoms with Gasteiger partial charge in [-0.1, -0.05) is 36.4 Å². The van der Waals surface area contributed by atoms with Crippen LogP contribution in [0.2, 0.25) is 0 Å². The Hall–Kier alpha value is -4.31. The van der Waals surface area contributed by atoms with Gasteiger partial charge in [-0.05, 0) is 55.0 Å². The standard InChI is InChI=1S/C26H23FN2O4/c1-2-31-25-17-19(12-13-24(25)33-15-14-32-21-8-4-3-5-9-21)16-20(18-28)26(30)29-23-11-7-6-10-22(23)27/h3-13,16-17H,2,14-15H2,1H3,(H,29,30)/b20-16+. The molecular weight excluding hydrogens is 423 g/mol. The van der Waals surface area contributed by atoms with E-state index in [0.717, 1.165) is 5.75 Å². The van der Waals surface area contributed by atoms with E-state index in [0.29, 0.717) is 36.9 Å². The van der Waals surface area contributed by atoms with Gasteiger partial charge < -0.3 is 19.5 Å². The maximum Gasteiger partial charge on any atom is 0.266 e. The molecule has 0 heterocycles. The Morgan fingerprint density at radius 2 is 1.70 bits per heavy atom. The molecule has 0 bridgehead atoms. The van der Waals surface area contributed by atoms with E-state index in [4.69, 9.17) is 14.2 Å². The number of ether oxygens (including phenoxy) is 3. The van der Waals surface area contributed by atoms with Gasteiger partial charge in [-0.3, -0.25) is 4.79 Å². The number of benzene rings is 3. The first-order valence-corrected chi connectivity index (χ1v) is 10.4. The summed E-state index contributed by atoms with van der Waals surface area (Å²) < 4.78 is 30.8. The fraction of sp³-hybridized carbons (Fsp3) is 0.154. The van der Waals surface area contributed by atoms with Gasteiger partial charge in [-0.2, -0.15) is 5.26 Å². The lowest BCUT2D eigenvalue weighted by atomic mass is 10.1. The van der Waals surface area contributed by atoms with E-state index < -0.39 is 11.7 Å². The number of carbonyl (C=O) groups is 1. The predicted molar refractivity (Wildman–Crippen MR) is 124 cm³/mol. The van der Waals surface area contributed by atoms with Crippen molar-refractivity contribution in [2.45, 2.75) is 6.92 Å². The zero-order valence-corrected chi connectivity index (χ0v) is 18.1. The topological polar surface area (TPSA) is 80.6 Å². The van der Waals surface area contributed by atoms with Gasteiger partial charge in [-0.25, -0.2) is 4.39 Å². The molecule has 0 unspecified atom stereocenters. The summed E-state index contributed by atoms with van der Waals surface area (Å²) >= 11 is 0. The summed E-state index contributed by atoms with van der Waals surface area (Å²) in [6.45, 7) is 2.90. The largest absolute Gasteiger partial charge is 0.490 e. The van der Waals surface area contributed by atoms with Crippen molar-refractivity contribution >= 4 is 17.7 Å². The SMILES string of the molecule is CCOc1cc(/C=C(\C#N)C(=O)Nc2ccccc2F)ccc1OCCOc1ccccc1. The number of rotatable bonds is 10. The highest BCUT2D eigenvalue weighted by atomic mass is 19.1. The van der Waals surface area contributed by atoms with Gasteiger partial charge >= 0.3 is 0 Å². The van der Waals surface area contributed by atoms with Crippen molar-refractivity contribution < 1.29 is 23.4 Å². The van der Waals surface area contributed by atoms with Crippen LogP contribution in [0.25, 0.3) is 6.08 Å². The number of hydrogen-bond donors (Lipinski definition) is 1. The van der Waals surface area contributed by atoms with Gasteiger partial charge in [0.1, 0.15) is 36.4 Å². The monoisotopic (exact) mass is 446 g/mol. The first-order chi connectivity index (χ1) is 16.1. The van der Waals surface area contributed by atoms with Crippen LogP contribution >= 0.6 is 0 Å². The molecule has 0 radical (unpaired) electrons. The van der Waals surface area contributed by atoms with Gasteiger partial charge in [0.05, 0.1) is 12.3 Å². The van der Waals surface area contributed by atoms with Crippen LogP contribution in [0.15, 0.2) is 78.4 Å². The molecule has 33 heavy (non-hydrogen) atoms. The van der Waals surface area contributed by atoms with E-state index in [9.17, 15) is 14.4 Å². The minimum absolute atomic E-state index is 0.000116. The number of para-hydroxylation sites is 2. The van der Waals surface area contributed by atoms with Crippen molar-refractivity contribution in [2.75, 3.05) is 25.1 Å². The number of halogens is 1. The highest BCUT2D eigenvalue weighted by Crippen LogP contribution is 2.29. The molecule has 0 saturated heterocycles. The molecule has 3 rings (SSSR count). The first kappa shape index (κ1) is 23.4. The fourth-order valence-corrected chi connectivity index (χ4v) is 2.90. The highest BCUT2D eigenvalue weighted by Gasteiger charge is 2.13. The van der Waals surface area contributed by atoms with Crippen LogP contribution in [-0.4, -0.2) is 25.7 Å². The van der Waals surface area contributed by atoms with Gasteiger partial charge in [0.15, 0.2) is 11.5 Å². The summed E-state index contributed by atoms with van der Waals surface area (Å²) in [5.41, 5.74) is 0.386. The normalized spacial score (nSPS) is 10.8. The lowest BCUT2D eigenvalue weighted by Crippen LogP contribution is -2.14. The minimum Gasteiger partial charge on any atom is -0.490 e. The number of anilines is 1. The van der Waals surface area contributed by atoms with Crippen LogP contribution in [0.3, 0.4) is 0 Å². The Bertz CT molecular complexity index is 1160. The van der Waals surface area contributed by atoms with Crippen molar-refractivity contribution in [2.24, 2.45) is 0 Å². The van der Waals surface area contributed by atoms with Gasteiger partial charge in [0.25, 0.3) is 5.91 Å². The molecule has 0 aromatic heterocycles. The Morgan fingerprint density at radius 1 is 0.970 bits per heavy atom. The van der Waals surface area contributed by atoms with Crippen LogP contribution in [0.4, 0.5) is 10.1 Å². The zero-order chi connectivity index (χ0) is 23.5. The molecule has 6 nitrogen and oxygen atoms in total. The van der Waals surface area contributed by atoms with E-state index in [1.54, 1.807) is 24.3 Å². The van der Waals surface area contributed by atoms with Crippen molar-refractivity contribution in [1.29, 1.82) is 5.26 Å². The Kier molecular flexibility index (Phi) is 8.43. The van der Waals surface area contributed by atoms with Crippen LogP contribution in [-0.2, 0) is 4.79 Å². The molecule has 3 aromatic rings. The molecule has 0 fully saturated rings. The molecule has 1 N–H and O–H groups in total. The summed E-state index contributed by atoms with van der Waals surface area (Å²) in [6, 6.07) is 22.1. The Morgan fingerprint density at radius 3 is 2.42 bits per heavy atom. The second-order valence-electron chi connectivity index (χ2n) is 6.75. The predicted octanol–water partition coefficient (Wildman–Crippen LogP) is 5.23. The molecule has 0 saturated carbocycles. The smallest absolute Gasteiger partial charge is 0.266 e. The van der Waals surface area contributed by atoms with Crippen molar-refractivity contribution in [3.63, 3.8) is 0 Å². The van der Waals surface area contributed by atoms with Gasteiger partial charge in [0.2, 0.25) is 0 Å². The second kappa shape index (κ2) is 11.9. The lowest BCUT2D eigenvalue weighted by Gasteiger charge is -2.13. The van der Waals surface area contributed by atoms with E-state index in [1.807, 2.05) is 43.3 Å². The van der Waals surface area contributed by atoms with Crippen molar-refractivity contribution in [3.05, 3.63) is 89.8 Å². The average Bonchev–Trinajstić information content (AvgIpc) is 2.83. The molecular formula is C26H23FN2O4. The fourth-order valence-electron chi connectivity index (χ4n) is 2.90. The third kappa shape index (κ3) is 6.84. The zero-order valence-electron chi connectivity index (χ0n) is 18.1. The van der Waals surface area contributed by atoms with Crippen LogP contribution < -0.4 is 19.5 Å². The van der Waals surface area contributed by atoms with E-state index in [2.05, 4.69) is 5.32 Å². The number of carbonyl (C=O) groups excluding carboxylic acids is 1. The summed E-state index contributed by atoms with van der Waals surface area (Å²) in [6.07, 6.45) is 1.40. The highest BCUT2D eigenvalue weighted by molar-refractivity contribution is 6.09. The minimum atomic E-state index is -0.709. The molecule has 0 aliphatic rings. The number of hydrogen-bond acceptors (Lipinski definition) is 5. The first-order valence-electron chi connectivity index (χ1n) is 10.4. The van der Waals surface area contributed by atoms with Crippen LogP contribution in [0, 0.1) is 17.1 Å². The maximum absolute atomic E-state index is 13.8. The van der Waals surface area contributed by atoms with Crippen molar-refractivity contribution in [3.8, 4) is 23.3 Å². The molecule has 0 aliphatic heterocycles. The molecule has 0 spiro atoms. The Labute approximate surface area is 191 Å². The summed E-state index contributed by atoms with van der Waals surface area (Å²) in [4.78, 5) is 12.4. The molecule has 7 heteroatoms. The lowest BCUT2D eigenvalue weighted by molar-refractivity contribution is -0.112. The summed E-state index contributed by atoms with van der Waals surface area (Å²) in [7, 11) is 0. The van der Waals surface area contributed by atoms with Crippen LogP contribution in [0.1, 0.15) is 12.5 Å². The third-order valence-electron chi connectivity index (χ3n) is 4.42. The summed E-state index contributed by atoms with van der Waals surface area (Å²) in [5.74, 6) is 0.445. The van der Waals surface area contributed by atoms with E-state index in [1.165, 1.54) is 24.3 Å². The van der Waals surface area contributed by atoms with Crippen LogP contribution in [0.5, 0.6) is 17.2 Å². The molecule has 0 atom stereocenters. The number of nitrogens with one attached hydrogen (secondary N) is 1. The average molecular weight is 446 g/mol. The van der Waals surface area contributed by atoms with Gasteiger partial charge in [0, 0.05) is 0 Å². The number of nitriles is 1. The van der Waals surface area contributed by atoms with Gasteiger partial charge in [-0.15, -0.1) is 0 Å². The second-order valence-corrected chi connectivity index (χ2v) is 6.75. The molecule has 0 aliphatic carbocycles. The van der Waals surface area contributed by atoms with E-state index in [-0.39, 0.29) is 11.3 Å². The maximum atomic E-state index is 13.8. The number of nitrogens with zero attached hydrogens (tertiary/aromatic N) is 1. The molecule has 1 amide bonds. The van der Waals surface area contributed by atoms with Crippen molar-refractivity contribution in [1.82, 2.24) is 0 Å². The molecule has 3 aromatic carbocycles.